The van der Waals surface area contributed by atoms with Crippen LogP contribution < -0.4 is 26.0 Å². The Kier molecular flexibility index (Phi) is 8.56. The number of carbonyl (C=O) groups excluding carboxylic acids is 1. The maximum Gasteiger partial charge on any atom is 0.248 e. The van der Waals surface area contributed by atoms with Gasteiger partial charge in [0.25, 0.3) is 0 Å². The molecular weight excluding hydrogens is 481 g/mol. The van der Waals surface area contributed by atoms with Gasteiger partial charge in [-0.25, -0.2) is 0 Å². The maximum atomic E-state index is 11.2. The molecule has 4 N–H and O–H groups in total. The number of hydrogen-bond acceptors (Lipinski definition) is 4. The summed E-state index contributed by atoms with van der Waals surface area (Å²) < 4.78 is 5.48. The molecular formula is C21H28IN5O2. The van der Waals surface area contributed by atoms with E-state index in [1.54, 1.807) is 26.3 Å². The Labute approximate surface area is 188 Å². The standard InChI is InChI=1S/C21H27N5O2.HI/c1-23-21(24-13-15-7-9-16(10-8-15)20(22)27)25-17-11-12-26(14-17)18-5-3-4-6-19(18)28-2;/h3-10,17H,11-14H2,1-2H3,(H2,22,27)(H2,23,24,25);1H. The summed E-state index contributed by atoms with van der Waals surface area (Å²) in [7, 11) is 3.46. The van der Waals surface area contributed by atoms with Crippen LogP contribution in [0, 0.1) is 0 Å². The smallest absolute Gasteiger partial charge is 0.248 e. The minimum absolute atomic E-state index is 0. The molecule has 2 aromatic rings. The molecule has 156 valence electrons. The number of nitrogens with one attached hydrogen (secondary N) is 2. The monoisotopic (exact) mass is 509 g/mol. The van der Waals surface area contributed by atoms with Crippen LogP contribution in [-0.2, 0) is 6.54 Å². The molecule has 3 rings (SSSR count). The maximum absolute atomic E-state index is 11.2. The molecule has 1 amide bonds. The highest BCUT2D eigenvalue weighted by atomic mass is 127. The predicted octanol–water partition coefficient (Wildman–Crippen LogP) is 2.36. The highest BCUT2D eigenvalue weighted by Gasteiger charge is 2.25. The summed E-state index contributed by atoms with van der Waals surface area (Å²) in [4.78, 5) is 17.8. The molecule has 0 bridgehead atoms. The number of hydrogen-bond donors (Lipinski definition) is 3. The van der Waals surface area contributed by atoms with Crippen molar-refractivity contribution in [3.05, 3.63) is 59.7 Å². The molecule has 1 fully saturated rings. The first kappa shape index (κ1) is 22.8. The summed E-state index contributed by atoms with van der Waals surface area (Å²) in [6, 6.07) is 15.6. The number of carbonyl (C=O) groups is 1. The van der Waals surface area contributed by atoms with Crippen molar-refractivity contribution in [2.45, 2.75) is 19.0 Å². The minimum atomic E-state index is -0.419. The Balaban J connectivity index is 0.00000300. The Hall–Kier alpha value is -2.49. The van der Waals surface area contributed by atoms with E-state index in [4.69, 9.17) is 10.5 Å². The van der Waals surface area contributed by atoms with Gasteiger partial charge in [-0.05, 0) is 36.2 Å². The van der Waals surface area contributed by atoms with E-state index in [0.29, 0.717) is 18.2 Å². The second-order valence-electron chi connectivity index (χ2n) is 6.73. The molecule has 1 heterocycles. The SMILES string of the molecule is CN=C(NCc1ccc(C(N)=O)cc1)NC1CCN(c2ccccc2OC)C1.I. The Morgan fingerprint density at radius 1 is 1.24 bits per heavy atom. The summed E-state index contributed by atoms with van der Waals surface area (Å²) in [5, 5.41) is 6.80. The third kappa shape index (κ3) is 5.99. The molecule has 0 spiro atoms. The van der Waals surface area contributed by atoms with E-state index in [9.17, 15) is 4.79 Å². The van der Waals surface area contributed by atoms with Gasteiger partial charge in [0.2, 0.25) is 5.91 Å². The van der Waals surface area contributed by atoms with Crippen LogP contribution in [0.15, 0.2) is 53.5 Å². The number of nitrogens with zero attached hydrogens (tertiary/aromatic N) is 2. The lowest BCUT2D eigenvalue weighted by Crippen LogP contribution is -2.44. The number of benzene rings is 2. The van der Waals surface area contributed by atoms with Gasteiger partial charge in [0, 0.05) is 38.3 Å². The normalized spacial score (nSPS) is 16.1. The van der Waals surface area contributed by atoms with Crippen molar-refractivity contribution in [3.63, 3.8) is 0 Å². The first-order valence-corrected chi connectivity index (χ1v) is 9.34. The molecule has 8 heteroatoms. The molecule has 0 aliphatic carbocycles. The van der Waals surface area contributed by atoms with E-state index in [1.807, 2.05) is 30.3 Å². The van der Waals surface area contributed by atoms with Crippen molar-refractivity contribution in [3.8, 4) is 5.75 Å². The number of ether oxygens (including phenoxy) is 1. The van der Waals surface area contributed by atoms with Gasteiger partial charge in [-0.15, -0.1) is 24.0 Å². The number of rotatable bonds is 6. The van der Waals surface area contributed by atoms with E-state index < -0.39 is 5.91 Å². The van der Waals surface area contributed by atoms with Crippen molar-refractivity contribution >= 4 is 41.5 Å². The Morgan fingerprint density at radius 3 is 2.62 bits per heavy atom. The van der Waals surface area contributed by atoms with Crippen LogP contribution in [0.5, 0.6) is 5.75 Å². The average Bonchev–Trinajstić information content (AvgIpc) is 3.19. The number of guanidine groups is 1. The third-order valence-corrected chi connectivity index (χ3v) is 4.88. The molecule has 7 nitrogen and oxygen atoms in total. The van der Waals surface area contributed by atoms with Gasteiger partial charge in [0.05, 0.1) is 12.8 Å². The number of anilines is 1. The van der Waals surface area contributed by atoms with Crippen molar-refractivity contribution in [1.82, 2.24) is 10.6 Å². The first-order valence-electron chi connectivity index (χ1n) is 9.34. The fraction of sp³-hybridized carbons (Fsp3) is 0.333. The molecule has 0 aromatic heterocycles. The van der Waals surface area contributed by atoms with Crippen molar-refractivity contribution < 1.29 is 9.53 Å². The summed E-state index contributed by atoms with van der Waals surface area (Å²) in [5.74, 6) is 1.23. The molecule has 1 aliphatic heterocycles. The van der Waals surface area contributed by atoms with Gasteiger partial charge in [0.15, 0.2) is 5.96 Å². The lowest BCUT2D eigenvalue weighted by molar-refractivity contribution is 0.100. The number of nitrogens with two attached hydrogens (primary N) is 1. The van der Waals surface area contributed by atoms with E-state index in [1.165, 1.54) is 0 Å². The predicted molar refractivity (Wildman–Crippen MR) is 127 cm³/mol. The van der Waals surface area contributed by atoms with Crippen LogP contribution in [0.1, 0.15) is 22.3 Å². The van der Waals surface area contributed by atoms with Crippen LogP contribution in [0.25, 0.3) is 0 Å². The van der Waals surface area contributed by atoms with Gasteiger partial charge in [-0.1, -0.05) is 24.3 Å². The van der Waals surface area contributed by atoms with E-state index in [0.717, 1.165) is 42.5 Å². The van der Waals surface area contributed by atoms with Gasteiger partial charge >= 0.3 is 0 Å². The quantitative estimate of drug-likeness (QED) is 0.316. The second-order valence-corrected chi connectivity index (χ2v) is 6.73. The molecule has 1 saturated heterocycles. The largest absolute Gasteiger partial charge is 0.495 e. The molecule has 0 saturated carbocycles. The Morgan fingerprint density at radius 2 is 1.97 bits per heavy atom. The van der Waals surface area contributed by atoms with Gasteiger partial charge in [-0.3, -0.25) is 9.79 Å². The van der Waals surface area contributed by atoms with Crippen LogP contribution >= 0.6 is 24.0 Å². The topological polar surface area (TPSA) is 92.0 Å². The van der Waals surface area contributed by atoms with E-state index >= 15 is 0 Å². The van der Waals surface area contributed by atoms with E-state index in [-0.39, 0.29) is 24.0 Å². The molecule has 1 unspecified atom stereocenters. The molecule has 0 radical (unpaired) electrons. The molecule has 1 atom stereocenters. The van der Waals surface area contributed by atoms with Crippen LogP contribution in [-0.4, -0.2) is 45.2 Å². The fourth-order valence-corrected chi connectivity index (χ4v) is 3.35. The average molecular weight is 509 g/mol. The Bertz CT molecular complexity index is 841. The molecule has 1 aliphatic rings. The number of para-hydroxylation sites is 2. The number of primary amides is 1. The van der Waals surface area contributed by atoms with Crippen molar-refractivity contribution in [2.24, 2.45) is 10.7 Å². The molecule has 2 aromatic carbocycles. The van der Waals surface area contributed by atoms with Crippen LogP contribution in [0.4, 0.5) is 5.69 Å². The number of halogens is 1. The van der Waals surface area contributed by atoms with Gasteiger partial charge in [0.1, 0.15) is 5.75 Å². The lowest BCUT2D eigenvalue weighted by atomic mass is 10.1. The molecule has 29 heavy (non-hydrogen) atoms. The van der Waals surface area contributed by atoms with Gasteiger partial charge < -0.3 is 26.0 Å². The number of amides is 1. The summed E-state index contributed by atoms with van der Waals surface area (Å²) >= 11 is 0. The summed E-state index contributed by atoms with van der Waals surface area (Å²) in [6.07, 6.45) is 1.02. The zero-order valence-electron chi connectivity index (χ0n) is 16.7. The lowest BCUT2D eigenvalue weighted by Gasteiger charge is -2.22. The van der Waals surface area contributed by atoms with Crippen LogP contribution in [0.3, 0.4) is 0 Å². The highest BCUT2D eigenvalue weighted by molar-refractivity contribution is 14.0. The van der Waals surface area contributed by atoms with E-state index in [2.05, 4.69) is 26.6 Å². The minimum Gasteiger partial charge on any atom is -0.495 e. The number of aliphatic imine (C=N–C) groups is 1. The zero-order chi connectivity index (χ0) is 19.9. The van der Waals surface area contributed by atoms with Crippen molar-refractivity contribution in [2.75, 3.05) is 32.1 Å². The second kappa shape index (κ2) is 10.9. The highest BCUT2D eigenvalue weighted by Crippen LogP contribution is 2.30. The van der Waals surface area contributed by atoms with Crippen molar-refractivity contribution in [1.29, 1.82) is 0 Å². The first-order chi connectivity index (χ1) is 13.6. The van der Waals surface area contributed by atoms with Crippen LogP contribution in [0.2, 0.25) is 0 Å². The zero-order valence-corrected chi connectivity index (χ0v) is 19.1. The fourth-order valence-electron chi connectivity index (χ4n) is 3.35. The third-order valence-electron chi connectivity index (χ3n) is 4.88. The summed E-state index contributed by atoms with van der Waals surface area (Å²) in [5.41, 5.74) is 7.95. The van der Waals surface area contributed by atoms with Gasteiger partial charge in [-0.2, -0.15) is 0 Å². The summed E-state index contributed by atoms with van der Waals surface area (Å²) in [6.45, 7) is 2.46. The number of methoxy groups -OCH3 is 1.